The molecule has 1 heterocycles. The van der Waals surface area contributed by atoms with Crippen LogP contribution in [0, 0.1) is 28.9 Å². The summed E-state index contributed by atoms with van der Waals surface area (Å²) in [6.45, 7) is 3.55. The van der Waals surface area contributed by atoms with E-state index in [0.29, 0.717) is 17.4 Å². The third kappa shape index (κ3) is 3.97. The predicted octanol–water partition coefficient (Wildman–Crippen LogP) is 3.68. The number of nitrogens with one attached hydrogen (secondary N) is 1. The molecule has 158 valence electrons. The van der Waals surface area contributed by atoms with Crippen molar-refractivity contribution in [2.45, 2.75) is 64.0 Å². The largest absolute Gasteiger partial charge is 0.496 e. The highest BCUT2D eigenvalue weighted by Crippen LogP contribution is 2.43. The van der Waals surface area contributed by atoms with Gasteiger partial charge in [0.2, 0.25) is 0 Å². The van der Waals surface area contributed by atoms with Crippen molar-refractivity contribution in [2.75, 3.05) is 20.2 Å². The molecule has 1 N–H and O–H groups in total. The Morgan fingerprint density at radius 3 is 2.41 bits per heavy atom. The smallest absolute Gasteiger partial charge is 0.273 e. The number of fused-ring (bicyclic) bond motifs is 2. The van der Waals surface area contributed by atoms with Crippen LogP contribution in [0.15, 0.2) is 12.1 Å². The molecular formula is C22H31N3O4. The summed E-state index contributed by atoms with van der Waals surface area (Å²) in [5, 5.41) is 14.4. The van der Waals surface area contributed by atoms with E-state index in [4.69, 9.17) is 4.74 Å². The minimum absolute atomic E-state index is 0.0565. The van der Waals surface area contributed by atoms with Crippen molar-refractivity contribution in [1.82, 2.24) is 10.2 Å². The van der Waals surface area contributed by atoms with E-state index in [1.807, 2.05) is 0 Å². The Hall–Kier alpha value is -2.15. The van der Waals surface area contributed by atoms with Crippen LogP contribution >= 0.6 is 0 Å². The van der Waals surface area contributed by atoms with E-state index in [0.717, 1.165) is 31.3 Å². The highest BCUT2D eigenvalue weighted by atomic mass is 16.6. The van der Waals surface area contributed by atoms with E-state index in [2.05, 4.69) is 10.2 Å². The molecule has 7 heteroatoms. The maximum Gasteiger partial charge on any atom is 0.273 e. The number of rotatable bonds is 5. The molecule has 3 fully saturated rings. The van der Waals surface area contributed by atoms with Crippen molar-refractivity contribution in [3.8, 4) is 5.75 Å². The number of likely N-dealkylation sites (tertiary alicyclic amines) is 1. The van der Waals surface area contributed by atoms with E-state index in [9.17, 15) is 14.9 Å². The lowest BCUT2D eigenvalue weighted by Gasteiger charge is -2.47. The predicted molar refractivity (Wildman–Crippen MR) is 110 cm³/mol. The van der Waals surface area contributed by atoms with Gasteiger partial charge in [0.05, 0.1) is 17.6 Å². The normalized spacial score (nSPS) is 29.4. The first-order valence-corrected chi connectivity index (χ1v) is 10.9. The molecule has 1 unspecified atom stereocenters. The number of aryl methyl sites for hydroxylation is 1. The van der Waals surface area contributed by atoms with Gasteiger partial charge >= 0.3 is 0 Å². The quantitative estimate of drug-likeness (QED) is 0.601. The fourth-order valence-corrected chi connectivity index (χ4v) is 5.89. The highest BCUT2D eigenvalue weighted by molar-refractivity contribution is 5.98. The zero-order valence-corrected chi connectivity index (χ0v) is 17.4. The van der Waals surface area contributed by atoms with E-state index in [1.165, 1.54) is 51.7 Å². The Balaban J connectivity index is 1.45. The Bertz CT molecular complexity index is 775. The van der Waals surface area contributed by atoms with Crippen LogP contribution in [0.4, 0.5) is 5.69 Å². The maximum atomic E-state index is 12.9. The summed E-state index contributed by atoms with van der Waals surface area (Å²) in [5.74, 6) is 1.72. The first-order chi connectivity index (χ1) is 14.0. The lowest BCUT2D eigenvalue weighted by atomic mass is 9.68. The molecule has 29 heavy (non-hydrogen) atoms. The van der Waals surface area contributed by atoms with E-state index in [-0.39, 0.29) is 23.2 Å². The summed E-state index contributed by atoms with van der Waals surface area (Å²) in [7, 11) is 1.48. The Morgan fingerprint density at radius 2 is 1.83 bits per heavy atom. The lowest BCUT2D eigenvalue weighted by molar-refractivity contribution is -0.385. The summed E-state index contributed by atoms with van der Waals surface area (Å²) in [6.07, 6.45) is 9.05. The number of nitrogens with zero attached hydrogens (tertiary/aromatic N) is 2. The molecule has 2 bridgehead atoms. The molecule has 2 saturated carbocycles. The van der Waals surface area contributed by atoms with Gasteiger partial charge in [0.15, 0.2) is 0 Å². The number of nitro benzene ring substituents is 1. The van der Waals surface area contributed by atoms with Crippen LogP contribution in [0.5, 0.6) is 5.75 Å². The molecule has 0 radical (unpaired) electrons. The van der Waals surface area contributed by atoms with Gasteiger partial charge in [-0.2, -0.15) is 0 Å². The van der Waals surface area contributed by atoms with Crippen LogP contribution in [0.2, 0.25) is 0 Å². The van der Waals surface area contributed by atoms with Crippen LogP contribution in [0.1, 0.15) is 60.9 Å². The fraction of sp³-hybridized carbons (Fsp3) is 0.682. The minimum atomic E-state index is -0.454. The average molecular weight is 402 g/mol. The van der Waals surface area contributed by atoms with Gasteiger partial charge < -0.3 is 10.1 Å². The molecule has 1 atom stereocenters. The maximum absolute atomic E-state index is 12.9. The molecule has 1 aliphatic heterocycles. The van der Waals surface area contributed by atoms with Crippen LogP contribution in [-0.2, 0) is 0 Å². The second kappa shape index (κ2) is 8.30. The van der Waals surface area contributed by atoms with Crippen LogP contribution < -0.4 is 10.1 Å². The number of amides is 1. The van der Waals surface area contributed by atoms with Gasteiger partial charge in [-0.05, 0) is 56.9 Å². The zero-order valence-electron chi connectivity index (χ0n) is 17.4. The molecule has 0 spiro atoms. The molecule has 1 aromatic rings. The third-order valence-electron chi connectivity index (χ3n) is 7.20. The van der Waals surface area contributed by atoms with Crippen molar-refractivity contribution < 1.29 is 14.5 Å². The summed E-state index contributed by atoms with van der Waals surface area (Å²) >= 11 is 0. The zero-order chi connectivity index (χ0) is 20.5. The molecule has 7 nitrogen and oxygen atoms in total. The lowest BCUT2D eigenvalue weighted by Crippen LogP contribution is -2.50. The minimum Gasteiger partial charge on any atom is -0.496 e. The van der Waals surface area contributed by atoms with Crippen LogP contribution in [0.3, 0.4) is 0 Å². The average Bonchev–Trinajstić information content (AvgIpc) is 3.14. The topological polar surface area (TPSA) is 84.7 Å². The Labute approximate surface area is 171 Å². The van der Waals surface area contributed by atoms with E-state index >= 15 is 0 Å². The molecule has 3 aliphatic rings. The summed E-state index contributed by atoms with van der Waals surface area (Å²) in [5.41, 5.74) is 0.663. The van der Waals surface area contributed by atoms with E-state index < -0.39 is 4.92 Å². The van der Waals surface area contributed by atoms with Gasteiger partial charge in [0.1, 0.15) is 5.75 Å². The van der Waals surface area contributed by atoms with Crippen molar-refractivity contribution in [3.63, 3.8) is 0 Å². The van der Waals surface area contributed by atoms with Crippen molar-refractivity contribution >= 4 is 11.6 Å². The number of hydrogen-bond donors (Lipinski definition) is 1. The fourth-order valence-electron chi connectivity index (χ4n) is 5.89. The number of nitro groups is 1. The number of hydrogen-bond acceptors (Lipinski definition) is 5. The first kappa shape index (κ1) is 20.1. The summed E-state index contributed by atoms with van der Waals surface area (Å²) in [4.78, 5) is 26.3. The Kier molecular flexibility index (Phi) is 5.76. The SMILES string of the molecule is COc1cc(C)c([N+](=O)[O-])cc1C(=O)NC1CCN(C2C3CCCC2CCC3)C1. The molecule has 1 saturated heterocycles. The first-order valence-electron chi connectivity index (χ1n) is 10.9. The third-order valence-corrected chi connectivity index (χ3v) is 7.20. The molecular weight excluding hydrogens is 370 g/mol. The van der Waals surface area contributed by atoms with Crippen molar-refractivity contribution in [3.05, 3.63) is 33.4 Å². The molecule has 0 aromatic heterocycles. The number of methoxy groups -OCH3 is 1. The van der Waals surface area contributed by atoms with Crippen LogP contribution in [0.25, 0.3) is 0 Å². The van der Waals surface area contributed by atoms with E-state index in [1.54, 1.807) is 13.0 Å². The molecule has 1 amide bonds. The molecule has 4 rings (SSSR count). The molecule has 1 aromatic carbocycles. The van der Waals surface area contributed by atoms with Gasteiger partial charge in [-0.1, -0.05) is 12.8 Å². The number of carbonyl (C=O) groups is 1. The van der Waals surface area contributed by atoms with Gasteiger partial charge in [-0.15, -0.1) is 0 Å². The summed E-state index contributed by atoms with van der Waals surface area (Å²) < 4.78 is 5.32. The monoisotopic (exact) mass is 401 g/mol. The van der Waals surface area contributed by atoms with Gasteiger partial charge in [-0.25, -0.2) is 0 Å². The molecule has 2 aliphatic carbocycles. The Morgan fingerprint density at radius 1 is 1.17 bits per heavy atom. The van der Waals surface area contributed by atoms with Gasteiger partial charge in [0, 0.05) is 36.8 Å². The second-order valence-corrected chi connectivity index (χ2v) is 8.92. The number of ether oxygens (including phenoxy) is 1. The number of benzene rings is 1. The van der Waals surface area contributed by atoms with Crippen molar-refractivity contribution in [1.29, 1.82) is 0 Å². The van der Waals surface area contributed by atoms with Crippen molar-refractivity contribution in [2.24, 2.45) is 11.8 Å². The van der Waals surface area contributed by atoms with Gasteiger partial charge in [0.25, 0.3) is 11.6 Å². The highest BCUT2D eigenvalue weighted by Gasteiger charge is 2.42. The number of carbonyl (C=O) groups excluding carboxylic acids is 1. The van der Waals surface area contributed by atoms with Crippen LogP contribution in [-0.4, -0.2) is 48.0 Å². The second-order valence-electron chi connectivity index (χ2n) is 8.92. The summed E-state index contributed by atoms with van der Waals surface area (Å²) in [6, 6.07) is 3.66. The van der Waals surface area contributed by atoms with Gasteiger partial charge in [-0.3, -0.25) is 19.8 Å². The standard InChI is InChI=1S/C22H31N3O4/c1-14-11-20(29-2)18(12-19(14)25(27)28)22(26)23-17-9-10-24(13-17)21-15-5-3-6-16(21)8-4-7-15/h11-12,15-17,21H,3-10,13H2,1-2H3,(H,23,26).